The number of aldehydes is 1. The number of rotatable bonds is 3. The molecule has 0 N–H and O–H groups in total. The van der Waals surface area contributed by atoms with Gasteiger partial charge in [-0.3, -0.25) is 0 Å². The van der Waals surface area contributed by atoms with E-state index < -0.39 is 5.41 Å². The monoisotopic (exact) mass is 252 g/mol. The third-order valence-electron chi connectivity index (χ3n) is 4.08. The molecule has 1 aliphatic carbocycles. The van der Waals surface area contributed by atoms with Crippen molar-refractivity contribution in [1.29, 1.82) is 0 Å². The van der Waals surface area contributed by atoms with Crippen molar-refractivity contribution in [3.63, 3.8) is 0 Å². The first kappa shape index (κ1) is 12.0. The smallest absolute Gasteiger partial charge is 0.135 e. The summed E-state index contributed by atoms with van der Waals surface area (Å²) in [6.45, 7) is 0. The summed E-state index contributed by atoms with van der Waals surface area (Å²) in [5, 5.41) is 0. The molecule has 1 aliphatic rings. The number of hydrogen-bond acceptors (Lipinski definition) is 2. The standard InChI is InChI=1S/C17H16O2/c1-19-16-9-5-4-8-15(16)17(12-18)11-10-13-6-2-3-7-14(13)17/h2-9,12H,10-11H2,1H3/t17-/m0/s1. The first-order valence-corrected chi connectivity index (χ1v) is 6.50. The predicted octanol–water partition coefficient (Wildman–Crippen LogP) is 3.13. The van der Waals surface area contributed by atoms with E-state index in [0.717, 1.165) is 36.0 Å². The summed E-state index contributed by atoms with van der Waals surface area (Å²) in [7, 11) is 1.65. The molecule has 0 amide bonds. The third kappa shape index (κ3) is 1.67. The number of carbonyl (C=O) groups excluding carboxylic acids is 1. The SMILES string of the molecule is COc1ccccc1[C@]1(C=O)CCc2ccccc21. The van der Waals surface area contributed by atoms with Gasteiger partial charge in [0.2, 0.25) is 0 Å². The summed E-state index contributed by atoms with van der Waals surface area (Å²) in [5.74, 6) is 0.784. The average Bonchev–Trinajstić information content (AvgIpc) is 2.87. The molecule has 0 spiro atoms. The highest BCUT2D eigenvalue weighted by Gasteiger charge is 2.41. The zero-order valence-electron chi connectivity index (χ0n) is 10.9. The summed E-state index contributed by atoms with van der Waals surface area (Å²) >= 11 is 0. The van der Waals surface area contributed by atoms with Crippen LogP contribution >= 0.6 is 0 Å². The fraction of sp³-hybridized carbons (Fsp3) is 0.235. The van der Waals surface area contributed by atoms with Crippen molar-refractivity contribution in [2.45, 2.75) is 18.3 Å². The molecule has 0 aliphatic heterocycles. The molecular weight excluding hydrogens is 236 g/mol. The second kappa shape index (κ2) is 4.54. The molecule has 0 unspecified atom stereocenters. The van der Waals surface area contributed by atoms with E-state index in [2.05, 4.69) is 12.1 Å². The third-order valence-corrected chi connectivity index (χ3v) is 4.08. The van der Waals surface area contributed by atoms with Gasteiger partial charge in [-0.05, 0) is 30.0 Å². The molecule has 2 aromatic carbocycles. The molecule has 0 bridgehead atoms. The first-order valence-electron chi connectivity index (χ1n) is 6.50. The molecule has 2 aromatic rings. The van der Waals surface area contributed by atoms with Gasteiger partial charge in [-0.25, -0.2) is 0 Å². The molecule has 2 nitrogen and oxygen atoms in total. The maximum Gasteiger partial charge on any atom is 0.135 e. The Labute approximate surface area is 113 Å². The van der Waals surface area contributed by atoms with Gasteiger partial charge in [0.1, 0.15) is 12.0 Å². The number of hydrogen-bond donors (Lipinski definition) is 0. The van der Waals surface area contributed by atoms with E-state index in [0.29, 0.717) is 0 Å². The Morgan fingerprint density at radius 2 is 1.74 bits per heavy atom. The zero-order valence-corrected chi connectivity index (χ0v) is 10.9. The van der Waals surface area contributed by atoms with Crippen LogP contribution in [-0.2, 0) is 16.6 Å². The topological polar surface area (TPSA) is 26.3 Å². The maximum atomic E-state index is 11.9. The molecule has 2 heteroatoms. The molecule has 0 radical (unpaired) electrons. The van der Waals surface area contributed by atoms with Crippen molar-refractivity contribution >= 4 is 6.29 Å². The second-order valence-corrected chi connectivity index (χ2v) is 4.95. The number of aryl methyl sites for hydroxylation is 1. The van der Waals surface area contributed by atoms with E-state index >= 15 is 0 Å². The largest absolute Gasteiger partial charge is 0.496 e. The van der Waals surface area contributed by atoms with Crippen LogP contribution < -0.4 is 4.74 Å². The average molecular weight is 252 g/mol. The lowest BCUT2D eigenvalue weighted by Gasteiger charge is -2.26. The molecule has 3 rings (SSSR count). The fourth-order valence-corrected chi connectivity index (χ4v) is 3.12. The first-order chi connectivity index (χ1) is 9.31. The van der Waals surface area contributed by atoms with Gasteiger partial charge in [0, 0.05) is 5.56 Å². The highest BCUT2D eigenvalue weighted by atomic mass is 16.5. The Morgan fingerprint density at radius 1 is 1.05 bits per heavy atom. The number of para-hydroxylation sites is 1. The van der Waals surface area contributed by atoms with Crippen LogP contribution in [0.4, 0.5) is 0 Å². The minimum atomic E-state index is -0.552. The lowest BCUT2D eigenvalue weighted by molar-refractivity contribution is -0.111. The van der Waals surface area contributed by atoms with Crippen LogP contribution in [0, 0.1) is 0 Å². The number of ether oxygens (including phenoxy) is 1. The Hall–Kier alpha value is -2.09. The van der Waals surface area contributed by atoms with E-state index in [1.54, 1.807) is 7.11 Å². The maximum absolute atomic E-state index is 11.9. The van der Waals surface area contributed by atoms with Crippen molar-refractivity contribution < 1.29 is 9.53 Å². The number of fused-ring (bicyclic) bond motifs is 1. The van der Waals surface area contributed by atoms with E-state index in [4.69, 9.17) is 4.74 Å². The van der Waals surface area contributed by atoms with Crippen LogP contribution in [-0.4, -0.2) is 13.4 Å². The number of methoxy groups -OCH3 is 1. The van der Waals surface area contributed by atoms with Gasteiger partial charge in [0.05, 0.1) is 12.5 Å². The minimum absolute atomic E-state index is 0.552. The molecule has 0 aromatic heterocycles. The van der Waals surface area contributed by atoms with Gasteiger partial charge in [0.15, 0.2) is 0 Å². The van der Waals surface area contributed by atoms with E-state index in [1.807, 2.05) is 36.4 Å². The van der Waals surface area contributed by atoms with E-state index in [1.165, 1.54) is 5.56 Å². The van der Waals surface area contributed by atoms with Crippen LogP contribution in [0.5, 0.6) is 5.75 Å². The second-order valence-electron chi connectivity index (χ2n) is 4.95. The van der Waals surface area contributed by atoms with Crippen molar-refractivity contribution in [3.05, 3.63) is 65.2 Å². The van der Waals surface area contributed by atoms with Crippen LogP contribution in [0.2, 0.25) is 0 Å². The molecule has 0 saturated heterocycles. The van der Waals surface area contributed by atoms with Gasteiger partial charge in [-0.2, -0.15) is 0 Å². The van der Waals surface area contributed by atoms with Gasteiger partial charge in [-0.15, -0.1) is 0 Å². The Morgan fingerprint density at radius 3 is 2.47 bits per heavy atom. The molecule has 96 valence electrons. The Balaban J connectivity index is 2.24. The van der Waals surface area contributed by atoms with E-state index in [-0.39, 0.29) is 0 Å². The van der Waals surface area contributed by atoms with Crippen LogP contribution in [0.15, 0.2) is 48.5 Å². The predicted molar refractivity (Wildman–Crippen MR) is 74.6 cm³/mol. The molecule has 1 atom stereocenters. The summed E-state index contributed by atoms with van der Waals surface area (Å²) in [6, 6.07) is 16.0. The number of carbonyl (C=O) groups is 1. The number of benzene rings is 2. The lowest BCUT2D eigenvalue weighted by atomic mass is 9.76. The highest BCUT2D eigenvalue weighted by molar-refractivity contribution is 5.79. The minimum Gasteiger partial charge on any atom is -0.496 e. The quantitative estimate of drug-likeness (QED) is 0.784. The Kier molecular flexibility index (Phi) is 2.86. The molecule has 0 fully saturated rings. The summed E-state index contributed by atoms with van der Waals surface area (Å²) < 4.78 is 5.44. The lowest BCUT2D eigenvalue weighted by Crippen LogP contribution is -2.27. The van der Waals surface area contributed by atoms with Gasteiger partial charge >= 0.3 is 0 Å². The van der Waals surface area contributed by atoms with Crippen LogP contribution in [0.1, 0.15) is 23.1 Å². The van der Waals surface area contributed by atoms with Gasteiger partial charge in [0.25, 0.3) is 0 Å². The summed E-state index contributed by atoms with van der Waals surface area (Å²) in [5.41, 5.74) is 2.80. The van der Waals surface area contributed by atoms with Crippen molar-refractivity contribution in [2.75, 3.05) is 7.11 Å². The van der Waals surface area contributed by atoms with E-state index in [9.17, 15) is 4.79 Å². The fourth-order valence-electron chi connectivity index (χ4n) is 3.12. The van der Waals surface area contributed by atoms with Gasteiger partial charge < -0.3 is 9.53 Å². The summed E-state index contributed by atoms with van der Waals surface area (Å²) in [6.07, 6.45) is 2.83. The van der Waals surface area contributed by atoms with Gasteiger partial charge in [-0.1, -0.05) is 42.5 Å². The molecular formula is C17H16O2. The van der Waals surface area contributed by atoms with Crippen molar-refractivity contribution in [3.8, 4) is 5.75 Å². The van der Waals surface area contributed by atoms with Crippen molar-refractivity contribution in [1.82, 2.24) is 0 Å². The van der Waals surface area contributed by atoms with Crippen LogP contribution in [0.3, 0.4) is 0 Å². The summed E-state index contributed by atoms with van der Waals surface area (Å²) in [4.78, 5) is 11.9. The Bertz CT molecular complexity index is 618. The molecule has 0 saturated carbocycles. The zero-order chi connectivity index (χ0) is 13.3. The normalized spacial score (nSPS) is 20.9. The van der Waals surface area contributed by atoms with Crippen molar-refractivity contribution in [2.24, 2.45) is 0 Å². The highest BCUT2D eigenvalue weighted by Crippen LogP contribution is 2.45. The molecule has 19 heavy (non-hydrogen) atoms. The van der Waals surface area contributed by atoms with Crippen LogP contribution in [0.25, 0.3) is 0 Å². The molecule has 0 heterocycles.